The number of amides is 2. The summed E-state index contributed by atoms with van der Waals surface area (Å²) in [4.78, 5) is 33.7. The topological polar surface area (TPSA) is 89.3 Å². The van der Waals surface area contributed by atoms with Gasteiger partial charge < -0.3 is 15.1 Å². The van der Waals surface area contributed by atoms with Crippen molar-refractivity contribution in [3.63, 3.8) is 0 Å². The Balaban J connectivity index is 1.33. The second kappa shape index (κ2) is 7.80. The average molecular weight is 422 g/mol. The Labute approximate surface area is 179 Å². The third kappa shape index (κ3) is 3.27. The summed E-state index contributed by atoms with van der Waals surface area (Å²) < 4.78 is 0. The molecular formula is C22H23N5O2S. The summed E-state index contributed by atoms with van der Waals surface area (Å²) >= 11 is 1.55. The van der Waals surface area contributed by atoms with Gasteiger partial charge in [-0.15, -0.1) is 11.8 Å². The van der Waals surface area contributed by atoms with Crippen LogP contribution in [0.5, 0.6) is 0 Å². The zero-order chi connectivity index (χ0) is 20.7. The van der Waals surface area contributed by atoms with Crippen LogP contribution in [0, 0.1) is 17.2 Å². The van der Waals surface area contributed by atoms with Gasteiger partial charge in [0.1, 0.15) is 6.04 Å². The van der Waals surface area contributed by atoms with Crippen LogP contribution in [0.1, 0.15) is 29.6 Å². The molecule has 2 aromatic rings. The molecule has 0 bridgehead atoms. The zero-order valence-corrected chi connectivity index (χ0v) is 17.4. The van der Waals surface area contributed by atoms with Crippen LogP contribution in [-0.4, -0.2) is 58.5 Å². The Morgan fingerprint density at radius 3 is 3.03 bits per heavy atom. The van der Waals surface area contributed by atoms with E-state index in [1.54, 1.807) is 24.0 Å². The Hall–Kier alpha value is -2.79. The number of carbonyl (C=O) groups excluding carboxylic acids is 2. The molecule has 3 atom stereocenters. The van der Waals surface area contributed by atoms with E-state index in [4.69, 9.17) is 5.26 Å². The summed E-state index contributed by atoms with van der Waals surface area (Å²) in [6.45, 7) is 0.970. The molecule has 3 fully saturated rings. The predicted octanol–water partition coefficient (Wildman–Crippen LogP) is 2.38. The molecule has 7 nitrogen and oxygen atoms in total. The number of nitrogens with zero attached hydrogens (tertiary/aromatic N) is 4. The number of hydrogen-bond acceptors (Lipinski definition) is 6. The summed E-state index contributed by atoms with van der Waals surface area (Å²) in [5, 5.41) is 12.7. The van der Waals surface area contributed by atoms with Crippen molar-refractivity contribution in [2.75, 3.05) is 29.6 Å². The van der Waals surface area contributed by atoms with Gasteiger partial charge in [0, 0.05) is 35.6 Å². The third-order valence-corrected chi connectivity index (χ3v) is 7.52. The fraction of sp³-hybridized carbons (Fsp3) is 0.455. The number of carbonyl (C=O) groups is 2. The molecule has 1 saturated carbocycles. The van der Waals surface area contributed by atoms with Gasteiger partial charge in [-0.1, -0.05) is 6.42 Å². The van der Waals surface area contributed by atoms with Gasteiger partial charge in [0.25, 0.3) is 5.91 Å². The van der Waals surface area contributed by atoms with Gasteiger partial charge >= 0.3 is 0 Å². The molecule has 1 aliphatic carbocycles. The molecule has 3 aliphatic rings. The maximum Gasteiger partial charge on any atom is 0.252 e. The summed E-state index contributed by atoms with van der Waals surface area (Å²) in [6, 6.07) is 10.2. The largest absolute Gasteiger partial charge is 0.368 e. The highest BCUT2D eigenvalue weighted by atomic mass is 32.2. The van der Waals surface area contributed by atoms with Gasteiger partial charge in [-0.25, -0.2) is 0 Å². The molecule has 1 aromatic carbocycles. The lowest BCUT2D eigenvalue weighted by molar-refractivity contribution is -0.129. The maximum atomic E-state index is 12.9. The van der Waals surface area contributed by atoms with Gasteiger partial charge in [0.15, 0.2) is 0 Å². The van der Waals surface area contributed by atoms with E-state index in [0.29, 0.717) is 23.2 Å². The van der Waals surface area contributed by atoms with E-state index >= 15 is 0 Å². The van der Waals surface area contributed by atoms with E-state index < -0.39 is 6.04 Å². The fourth-order valence-electron chi connectivity index (χ4n) is 4.85. The summed E-state index contributed by atoms with van der Waals surface area (Å²) in [5.41, 5.74) is 2.42. The number of fused-ring (bicyclic) bond motifs is 2. The highest BCUT2D eigenvalue weighted by Crippen LogP contribution is 2.42. The maximum absolute atomic E-state index is 12.9. The van der Waals surface area contributed by atoms with Crippen molar-refractivity contribution in [1.82, 2.24) is 15.2 Å². The molecule has 154 valence electrons. The molecule has 0 spiro atoms. The van der Waals surface area contributed by atoms with Crippen LogP contribution >= 0.6 is 11.8 Å². The molecule has 3 heterocycles. The minimum Gasteiger partial charge on any atom is -0.368 e. The third-order valence-electron chi connectivity index (χ3n) is 6.50. The minimum atomic E-state index is -0.417. The van der Waals surface area contributed by atoms with E-state index in [1.165, 1.54) is 24.2 Å². The second-order valence-corrected chi connectivity index (χ2v) is 9.16. The van der Waals surface area contributed by atoms with E-state index in [9.17, 15) is 9.59 Å². The van der Waals surface area contributed by atoms with Crippen LogP contribution in [0.2, 0.25) is 0 Å². The number of hydrogen-bond donors (Lipinski definition) is 1. The summed E-state index contributed by atoms with van der Waals surface area (Å²) in [7, 11) is 0. The smallest absolute Gasteiger partial charge is 0.252 e. The first kappa shape index (κ1) is 19.2. The van der Waals surface area contributed by atoms with Gasteiger partial charge in [-0.3, -0.25) is 14.6 Å². The Bertz CT molecular complexity index is 1050. The van der Waals surface area contributed by atoms with Crippen LogP contribution in [0.4, 0.5) is 5.69 Å². The number of nitriles is 1. The number of benzene rings is 1. The SMILES string of the molecule is N#C[C@@H]1CSCN1C(=O)CNC(=O)c1ccnc2ccc(N3CC4CCCC43)cc12. The van der Waals surface area contributed by atoms with Gasteiger partial charge in [0.2, 0.25) is 5.91 Å². The molecule has 1 aromatic heterocycles. The summed E-state index contributed by atoms with van der Waals surface area (Å²) in [6.07, 6.45) is 5.48. The first-order chi connectivity index (χ1) is 14.7. The molecule has 8 heteroatoms. The molecular weight excluding hydrogens is 398 g/mol. The lowest BCUT2D eigenvalue weighted by Crippen LogP contribution is -2.53. The van der Waals surface area contributed by atoms with Crippen molar-refractivity contribution in [3.8, 4) is 6.07 Å². The first-order valence-electron chi connectivity index (χ1n) is 10.4. The number of anilines is 1. The normalized spacial score (nSPS) is 25.0. The molecule has 2 aliphatic heterocycles. The van der Waals surface area contributed by atoms with Crippen LogP contribution in [-0.2, 0) is 4.79 Å². The average Bonchev–Trinajstić information content (AvgIpc) is 3.38. The molecule has 2 saturated heterocycles. The number of nitrogens with one attached hydrogen (secondary N) is 1. The lowest BCUT2D eigenvalue weighted by atomic mass is 9.91. The number of rotatable bonds is 4. The van der Waals surface area contributed by atoms with Crippen LogP contribution < -0.4 is 10.2 Å². The van der Waals surface area contributed by atoms with Crippen LogP contribution in [0.3, 0.4) is 0 Å². The van der Waals surface area contributed by atoms with Crippen LogP contribution in [0.25, 0.3) is 10.9 Å². The fourth-order valence-corrected chi connectivity index (χ4v) is 5.95. The van der Waals surface area contributed by atoms with Crippen molar-refractivity contribution < 1.29 is 9.59 Å². The predicted molar refractivity (Wildman–Crippen MR) is 116 cm³/mol. The highest BCUT2D eigenvalue weighted by Gasteiger charge is 2.42. The van der Waals surface area contributed by atoms with E-state index in [-0.39, 0.29) is 18.4 Å². The Morgan fingerprint density at radius 1 is 1.30 bits per heavy atom. The molecule has 1 N–H and O–H groups in total. The van der Waals surface area contributed by atoms with Gasteiger partial charge in [-0.2, -0.15) is 5.26 Å². The van der Waals surface area contributed by atoms with Crippen molar-refractivity contribution in [1.29, 1.82) is 5.26 Å². The van der Waals surface area contributed by atoms with Gasteiger partial charge in [0.05, 0.1) is 29.6 Å². The monoisotopic (exact) mass is 421 g/mol. The van der Waals surface area contributed by atoms with E-state index in [2.05, 4.69) is 33.4 Å². The van der Waals surface area contributed by atoms with E-state index in [0.717, 1.165) is 29.1 Å². The number of aromatic nitrogens is 1. The van der Waals surface area contributed by atoms with Crippen LogP contribution in [0.15, 0.2) is 30.5 Å². The second-order valence-electron chi connectivity index (χ2n) is 8.16. The number of pyridine rings is 1. The minimum absolute atomic E-state index is 0.114. The highest BCUT2D eigenvalue weighted by molar-refractivity contribution is 7.99. The number of thioether (sulfide) groups is 1. The van der Waals surface area contributed by atoms with Gasteiger partial charge in [-0.05, 0) is 43.0 Å². The first-order valence-corrected chi connectivity index (χ1v) is 11.5. The van der Waals surface area contributed by atoms with Crippen molar-refractivity contribution in [2.45, 2.75) is 31.3 Å². The molecule has 2 amide bonds. The molecule has 30 heavy (non-hydrogen) atoms. The van der Waals surface area contributed by atoms with Crippen molar-refractivity contribution in [2.24, 2.45) is 5.92 Å². The standard InChI is InChI=1S/C22H23N5O2S/c23-9-16-12-30-13-27(16)21(28)10-25-22(29)17-6-7-24-19-5-4-15(8-18(17)19)26-11-14-2-1-3-20(14)26/h4-8,14,16,20H,1-3,10-13H2,(H,25,29)/t14?,16-,20?/m1/s1. The zero-order valence-electron chi connectivity index (χ0n) is 16.6. The molecule has 0 radical (unpaired) electrons. The Kier molecular flexibility index (Phi) is 4.99. The molecule has 5 rings (SSSR count). The van der Waals surface area contributed by atoms with E-state index in [1.807, 2.05) is 6.07 Å². The lowest BCUT2D eigenvalue weighted by Gasteiger charge is -2.46. The summed E-state index contributed by atoms with van der Waals surface area (Å²) in [5.74, 6) is 1.39. The van der Waals surface area contributed by atoms with Crippen molar-refractivity contribution >= 4 is 40.2 Å². The quantitative estimate of drug-likeness (QED) is 0.815. The Morgan fingerprint density at radius 2 is 2.20 bits per heavy atom. The molecule has 2 unspecified atom stereocenters. The van der Waals surface area contributed by atoms with Crippen molar-refractivity contribution in [3.05, 3.63) is 36.0 Å².